The molecule has 4 N–H and O–H groups in total. The molecule has 0 radical (unpaired) electrons. The maximum atomic E-state index is 10.7. The number of nitrogens with zero attached hydrogens (tertiary/aromatic N) is 11. The van der Waals surface area contributed by atoms with Crippen LogP contribution in [0.25, 0.3) is 0 Å². The van der Waals surface area contributed by atoms with Crippen LogP contribution in [0, 0.1) is 0 Å². The van der Waals surface area contributed by atoms with Gasteiger partial charge in [0.05, 0.1) is 6.67 Å². The van der Waals surface area contributed by atoms with Gasteiger partial charge < -0.3 is 49.8 Å². The molecule has 0 spiro atoms. The molecule has 0 atom stereocenters. The summed E-state index contributed by atoms with van der Waals surface area (Å²) in [6.45, 7) is 3.91. The molecule has 15 heteroatoms. The van der Waals surface area contributed by atoms with E-state index < -0.39 is 0 Å². The number of aromatic nitrogens is 3. The van der Waals surface area contributed by atoms with Gasteiger partial charge >= 0.3 is 0 Å². The molecule has 0 fully saturated rings. The van der Waals surface area contributed by atoms with Gasteiger partial charge in [0.1, 0.15) is 34.7 Å². The number of amidine groups is 1. The Morgan fingerprint density at radius 2 is 0.817 bits per heavy atom. The molecular formula is C45H55N11O4. The topological polar surface area (TPSA) is 164 Å². The highest BCUT2D eigenvalue weighted by Crippen LogP contribution is 2.29. The molecule has 60 heavy (non-hydrogen) atoms. The first kappa shape index (κ1) is 42.6. The van der Waals surface area contributed by atoms with Crippen LogP contribution in [0.4, 0.5) is 17.8 Å². The summed E-state index contributed by atoms with van der Waals surface area (Å²) in [4.78, 5) is 36.6. The number of aliphatic imine (C=N–C) groups is 2. The van der Waals surface area contributed by atoms with Crippen LogP contribution >= 0.6 is 0 Å². The molecule has 1 aliphatic rings. The number of phenolic OH excluding ortho intramolecular Hbond substituents is 4. The number of aromatic hydroxyl groups is 4. The Hall–Kier alpha value is -7.03. The van der Waals surface area contributed by atoms with E-state index in [-0.39, 0.29) is 29.7 Å². The fourth-order valence-electron chi connectivity index (χ4n) is 6.86. The van der Waals surface area contributed by atoms with Crippen molar-refractivity contribution >= 4 is 29.6 Å². The molecular weight excluding hydrogens is 759 g/mol. The minimum atomic E-state index is 0.176. The third kappa shape index (κ3) is 10.3. The lowest BCUT2D eigenvalue weighted by Crippen LogP contribution is -2.39. The number of hydrogen-bond donors (Lipinski definition) is 4. The Morgan fingerprint density at radius 1 is 0.450 bits per heavy atom. The van der Waals surface area contributed by atoms with Crippen molar-refractivity contribution in [3.63, 3.8) is 0 Å². The number of guanidine groups is 1. The maximum absolute atomic E-state index is 10.7. The van der Waals surface area contributed by atoms with Gasteiger partial charge in [0.15, 0.2) is 0 Å². The van der Waals surface area contributed by atoms with E-state index in [1.165, 1.54) is 0 Å². The number of para-hydroxylation sites is 4. The van der Waals surface area contributed by atoms with Crippen molar-refractivity contribution in [2.45, 2.75) is 45.9 Å². The van der Waals surface area contributed by atoms with E-state index in [0.717, 1.165) is 39.5 Å². The Labute approximate surface area is 352 Å². The van der Waals surface area contributed by atoms with Gasteiger partial charge in [-0.3, -0.25) is 0 Å². The number of rotatable bonds is 15. The van der Waals surface area contributed by atoms with Crippen molar-refractivity contribution in [1.82, 2.24) is 29.7 Å². The third-order valence-corrected chi connectivity index (χ3v) is 10.3. The van der Waals surface area contributed by atoms with E-state index in [1.54, 1.807) is 48.5 Å². The maximum Gasteiger partial charge on any atom is 0.233 e. The molecule has 2 heterocycles. The van der Waals surface area contributed by atoms with Crippen molar-refractivity contribution in [3.8, 4) is 23.0 Å². The van der Waals surface area contributed by atoms with Crippen LogP contribution in [0.3, 0.4) is 0 Å². The van der Waals surface area contributed by atoms with Gasteiger partial charge in [-0.2, -0.15) is 24.9 Å². The van der Waals surface area contributed by atoms with Gasteiger partial charge in [0, 0.05) is 97.1 Å². The quantitative estimate of drug-likeness (QED) is 0.0868. The number of benzene rings is 4. The minimum Gasteiger partial charge on any atom is -0.508 e. The SMILES string of the molecule is CCC1=C(N(C)Cc2ccccc2O)N=C(N(C)CN(C)c2nc(N(C)Cc3ccccc3O)nc(N(C)Cc3ccccc3O)n2)N=C(N(C)Cc2ccccc2O)C1. The van der Waals surface area contributed by atoms with Crippen LogP contribution < -0.4 is 14.7 Å². The first-order chi connectivity index (χ1) is 28.8. The van der Waals surface area contributed by atoms with Gasteiger partial charge in [-0.05, 0) is 36.3 Å². The summed E-state index contributed by atoms with van der Waals surface area (Å²) in [6, 6.07) is 28.9. The standard InChI is InChI=1S/C45H55N11O4/c1-8-31-25-40(51(2)26-32-17-9-13-21-36(32)57)46-42(47-41(31)52(3)27-33-18-10-14-22-37(33)58)55(6)30-56(7)45-49-43(53(4)28-34-19-11-15-23-38(34)59)48-44(50-45)54(5)29-35-20-12-16-24-39(35)60/h9-24,57-60H,8,25-30H2,1-7H3. The molecule has 314 valence electrons. The van der Waals surface area contributed by atoms with Crippen molar-refractivity contribution in [2.75, 3.05) is 63.7 Å². The molecule has 4 aromatic carbocycles. The molecule has 0 bridgehead atoms. The van der Waals surface area contributed by atoms with Gasteiger partial charge in [0.25, 0.3) is 0 Å². The second kappa shape index (κ2) is 19.1. The zero-order valence-corrected chi connectivity index (χ0v) is 35.4. The van der Waals surface area contributed by atoms with Crippen LogP contribution in [-0.2, 0) is 26.2 Å². The molecule has 0 saturated carbocycles. The second-order valence-electron chi connectivity index (χ2n) is 15.1. The van der Waals surface area contributed by atoms with Gasteiger partial charge in [-0.25, -0.2) is 0 Å². The Morgan fingerprint density at radius 3 is 1.22 bits per heavy atom. The van der Waals surface area contributed by atoms with Crippen LogP contribution in [0.15, 0.2) is 118 Å². The van der Waals surface area contributed by atoms with E-state index in [2.05, 4.69) is 6.92 Å². The molecule has 15 nitrogen and oxygen atoms in total. The summed E-state index contributed by atoms with van der Waals surface area (Å²) < 4.78 is 0. The van der Waals surface area contributed by atoms with Crippen molar-refractivity contribution in [2.24, 2.45) is 9.98 Å². The smallest absolute Gasteiger partial charge is 0.233 e. The zero-order chi connectivity index (χ0) is 42.9. The van der Waals surface area contributed by atoms with Crippen LogP contribution in [0.1, 0.15) is 42.0 Å². The molecule has 0 amide bonds. The molecule has 6 rings (SSSR count). The van der Waals surface area contributed by atoms with Crippen molar-refractivity contribution < 1.29 is 20.4 Å². The van der Waals surface area contributed by atoms with Crippen LogP contribution in [-0.4, -0.2) is 111 Å². The third-order valence-electron chi connectivity index (χ3n) is 10.3. The Kier molecular flexibility index (Phi) is 13.6. The zero-order valence-electron chi connectivity index (χ0n) is 35.4. The van der Waals surface area contributed by atoms with Crippen molar-refractivity contribution in [3.05, 3.63) is 131 Å². The van der Waals surface area contributed by atoms with E-state index in [9.17, 15) is 20.4 Å². The molecule has 1 aromatic heterocycles. The van der Waals surface area contributed by atoms with Gasteiger partial charge in [-0.1, -0.05) is 79.7 Å². The largest absolute Gasteiger partial charge is 0.508 e. The predicted molar refractivity (Wildman–Crippen MR) is 237 cm³/mol. The normalized spacial score (nSPS) is 12.7. The minimum absolute atomic E-state index is 0.176. The molecule has 0 unspecified atom stereocenters. The molecule has 0 aliphatic carbocycles. The molecule has 0 saturated heterocycles. The van der Waals surface area contributed by atoms with Gasteiger partial charge in [0.2, 0.25) is 23.8 Å². The summed E-state index contributed by atoms with van der Waals surface area (Å²) in [5.74, 6) is 3.92. The first-order valence-electron chi connectivity index (χ1n) is 19.8. The highest BCUT2D eigenvalue weighted by atomic mass is 16.3. The number of hydrogen-bond acceptors (Lipinski definition) is 15. The second-order valence-corrected chi connectivity index (χ2v) is 15.1. The lowest BCUT2D eigenvalue weighted by atomic mass is 10.1. The predicted octanol–water partition coefficient (Wildman–Crippen LogP) is 6.34. The van der Waals surface area contributed by atoms with E-state index in [0.29, 0.717) is 62.8 Å². The Balaban J connectivity index is 1.35. The van der Waals surface area contributed by atoms with Gasteiger partial charge in [-0.15, -0.1) is 0 Å². The lowest BCUT2D eigenvalue weighted by molar-refractivity contribution is 0.382. The lowest BCUT2D eigenvalue weighted by Gasteiger charge is -2.28. The summed E-state index contributed by atoms with van der Waals surface area (Å²) in [5.41, 5.74) is 4.05. The van der Waals surface area contributed by atoms with E-state index >= 15 is 0 Å². The van der Waals surface area contributed by atoms with Crippen LogP contribution in [0.2, 0.25) is 0 Å². The number of anilines is 3. The fourth-order valence-corrected chi connectivity index (χ4v) is 6.86. The van der Waals surface area contributed by atoms with E-state index in [1.807, 2.05) is 120 Å². The van der Waals surface area contributed by atoms with Crippen molar-refractivity contribution in [1.29, 1.82) is 0 Å². The number of phenols is 4. The highest BCUT2D eigenvalue weighted by Gasteiger charge is 2.25. The highest BCUT2D eigenvalue weighted by molar-refractivity contribution is 5.98. The Bertz CT molecular complexity index is 2300. The monoisotopic (exact) mass is 813 g/mol. The average Bonchev–Trinajstić information content (AvgIpc) is 3.44. The van der Waals surface area contributed by atoms with Crippen LogP contribution in [0.5, 0.6) is 23.0 Å². The summed E-state index contributed by atoms with van der Waals surface area (Å²) in [6.07, 6.45) is 1.23. The molecule has 1 aliphatic heterocycles. The first-order valence-corrected chi connectivity index (χ1v) is 19.8. The summed E-state index contributed by atoms with van der Waals surface area (Å²) in [7, 11) is 11.4. The average molecular weight is 814 g/mol. The summed E-state index contributed by atoms with van der Waals surface area (Å²) in [5, 5.41) is 42.4. The fraction of sp³-hybridized carbons (Fsp3) is 0.311. The summed E-state index contributed by atoms with van der Waals surface area (Å²) >= 11 is 0. The molecule has 5 aromatic rings. The van der Waals surface area contributed by atoms with E-state index in [4.69, 9.17) is 24.9 Å².